The van der Waals surface area contributed by atoms with E-state index in [-0.39, 0.29) is 17.9 Å². The lowest BCUT2D eigenvalue weighted by molar-refractivity contribution is 0.143. The van der Waals surface area contributed by atoms with Gasteiger partial charge in [0, 0.05) is 18.0 Å². The van der Waals surface area contributed by atoms with Crippen molar-refractivity contribution >= 4 is 0 Å². The molecule has 0 spiro atoms. The predicted molar refractivity (Wildman–Crippen MR) is 69.6 cm³/mol. The second kappa shape index (κ2) is 5.91. The summed E-state index contributed by atoms with van der Waals surface area (Å²) in [7, 11) is 0. The molecule has 2 aromatic carbocycles. The molecule has 100 valence electrons. The van der Waals surface area contributed by atoms with Gasteiger partial charge in [-0.2, -0.15) is 0 Å². The van der Waals surface area contributed by atoms with Crippen molar-refractivity contribution in [2.75, 3.05) is 6.54 Å². The summed E-state index contributed by atoms with van der Waals surface area (Å²) in [6, 6.07) is 11.7. The molecule has 0 fully saturated rings. The van der Waals surface area contributed by atoms with E-state index in [9.17, 15) is 13.9 Å². The summed E-state index contributed by atoms with van der Waals surface area (Å²) >= 11 is 0. The summed E-state index contributed by atoms with van der Waals surface area (Å²) < 4.78 is 26.5. The van der Waals surface area contributed by atoms with Gasteiger partial charge in [0.25, 0.3) is 0 Å². The van der Waals surface area contributed by atoms with Gasteiger partial charge in [-0.05, 0) is 23.8 Å². The minimum atomic E-state index is -1.06. The summed E-state index contributed by atoms with van der Waals surface area (Å²) in [6.45, 7) is 0.140. The molecule has 0 saturated heterocycles. The molecular weight excluding hydrogens is 248 g/mol. The smallest absolute Gasteiger partial charge is 0.129 e. The molecular formula is C15H15F2NO. The Kier molecular flexibility index (Phi) is 4.24. The molecule has 2 nitrogen and oxygen atoms in total. The van der Waals surface area contributed by atoms with Crippen LogP contribution in [0.5, 0.6) is 0 Å². The van der Waals surface area contributed by atoms with E-state index < -0.39 is 17.8 Å². The van der Waals surface area contributed by atoms with Crippen molar-refractivity contribution < 1.29 is 13.9 Å². The number of hydrogen-bond donors (Lipinski definition) is 2. The van der Waals surface area contributed by atoms with Crippen LogP contribution in [0, 0.1) is 11.6 Å². The Morgan fingerprint density at radius 3 is 2.21 bits per heavy atom. The maximum Gasteiger partial charge on any atom is 0.129 e. The number of halogens is 2. The molecule has 19 heavy (non-hydrogen) atoms. The number of hydrogen-bond acceptors (Lipinski definition) is 2. The summed E-state index contributed by atoms with van der Waals surface area (Å²) in [5.41, 5.74) is 6.53. The van der Waals surface area contributed by atoms with Gasteiger partial charge < -0.3 is 10.8 Å². The van der Waals surface area contributed by atoms with Crippen molar-refractivity contribution in [1.29, 1.82) is 0 Å². The fourth-order valence-corrected chi connectivity index (χ4v) is 2.09. The first-order valence-corrected chi connectivity index (χ1v) is 6.01. The van der Waals surface area contributed by atoms with Crippen LogP contribution in [-0.2, 0) is 0 Å². The Labute approximate surface area is 110 Å². The molecule has 0 aromatic heterocycles. The van der Waals surface area contributed by atoms with Crippen molar-refractivity contribution in [1.82, 2.24) is 0 Å². The second-order valence-electron chi connectivity index (χ2n) is 4.36. The van der Waals surface area contributed by atoms with Crippen LogP contribution in [0.1, 0.15) is 23.1 Å². The Balaban J connectivity index is 2.32. The van der Waals surface area contributed by atoms with Gasteiger partial charge in [0.1, 0.15) is 11.6 Å². The van der Waals surface area contributed by atoms with E-state index >= 15 is 0 Å². The normalized spacial score (nSPS) is 14.1. The predicted octanol–water partition coefficient (Wildman–Crippen LogP) is 2.74. The molecule has 0 radical (unpaired) electrons. The SMILES string of the molecule is NCC(c1ccc(F)cc1)C(O)c1ccccc1F. The van der Waals surface area contributed by atoms with E-state index in [2.05, 4.69) is 0 Å². The van der Waals surface area contributed by atoms with Crippen LogP contribution in [0.15, 0.2) is 48.5 Å². The third-order valence-corrected chi connectivity index (χ3v) is 3.16. The average Bonchev–Trinajstić information content (AvgIpc) is 2.42. The third-order valence-electron chi connectivity index (χ3n) is 3.16. The quantitative estimate of drug-likeness (QED) is 0.891. The molecule has 2 aromatic rings. The van der Waals surface area contributed by atoms with Crippen molar-refractivity contribution in [2.45, 2.75) is 12.0 Å². The first-order valence-electron chi connectivity index (χ1n) is 6.01. The Hall–Kier alpha value is -1.78. The van der Waals surface area contributed by atoms with Gasteiger partial charge in [-0.3, -0.25) is 0 Å². The minimum absolute atomic E-state index is 0.140. The van der Waals surface area contributed by atoms with E-state index in [0.29, 0.717) is 5.56 Å². The zero-order valence-corrected chi connectivity index (χ0v) is 10.3. The highest BCUT2D eigenvalue weighted by Crippen LogP contribution is 2.31. The van der Waals surface area contributed by atoms with E-state index in [1.165, 1.54) is 24.3 Å². The lowest BCUT2D eigenvalue weighted by Gasteiger charge is -2.22. The largest absolute Gasteiger partial charge is 0.388 e. The maximum absolute atomic E-state index is 13.7. The summed E-state index contributed by atoms with van der Waals surface area (Å²) in [5.74, 6) is -1.31. The highest BCUT2D eigenvalue weighted by Gasteiger charge is 2.23. The average molecular weight is 263 g/mol. The van der Waals surface area contributed by atoms with Gasteiger partial charge in [-0.1, -0.05) is 30.3 Å². The molecule has 0 aliphatic rings. The van der Waals surface area contributed by atoms with Gasteiger partial charge in [0.2, 0.25) is 0 Å². The first kappa shape index (κ1) is 13.6. The van der Waals surface area contributed by atoms with Gasteiger partial charge >= 0.3 is 0 Å². The Morgan fingerprint density at radius 1 is 1.00 bits per heavy atom. The molecule has 0 bridgehead atoms. The van der Waals surface area contributed by atoms with Crippen LogP contribution in [0.2, 0.25) is 0 Å². The molecule has 0 aliphatic carbocycles. The number of rotatable bonds is 4. The zero-order valence-electron chi connectivity index (χ0n) is 10.3. The first-order chi connectivity index (χ1) is 9.13. The lowest BCUT2D eigenvalue weighted by atomic mass is 9.89. The van der Waals surface area contributed by atoms with Gasteiger partial charge in [0.15, 0.2) is 0 Å². The third kappa shape index (κ3) is 2.97. The van der Waals surface area contributed by atoms with Crippen LogP contribution >= 0.6 is 0 Å². The number of nitrogens with two attached hydrogens (primary N) is 1. The van der Waals surface area contributed by atoms with Gasteiger partial charge in [-0.25, -0.2) is 8.78 Å². The summed E-state index contributed by atoms with van der Waals surface area (Å²) in [6.07, 6.45) is -1.06. The van der Waals surface area contributed by atoms with Crippen molar-refractivity contribution in [3.8, 4) is 0 Å². The molecule has 0 saturated carbocycles. The monoisotopic (exact) mass is 263 g/mol. The Bertz CT molecular complexity index is 542. The van der Waals surface area contributed by atoms with E-state index in [4.69, 9.17) is 5.73 Å². The maximum atomic E-state index is 13.7. The summed E-state index contributed by atoms with van der Waals surface area (Å²) in [5, 5.41) is 10.3. The van der Waals surface area contributed by atoms with Crippen molar-refractivity contribution in [2.24, 2.45) is 5.73 Å². The highest BCUT2D eigenvalue weighted by atomic mass is 19.1. The topological polar surface area (TPSA) is 46.2 Å². The van der Waals surface area contributed by atoms with E-state index in [1.807, 2.05) is 0 Å². The molecule has 0 heterocycles. The second-order valence-corrected chi connectivity index (χ2v) is 4.36. The Morgan fingerprint density at radius 2 is 1.63 bits per heavy atom. The van der Waals surface area contributed by atoms with Crippen LogP contribution < -0.4 is 5.73 Å². The molecule has 4 heteroatoms. The van der Waals surface area contributed by atoms with Crippen molar-refractivity contribution in [3.63, 3.8) is 0 Å². The zero-order chi connectivity index (χ0) is 13.8. The number of benzene rings is 2. The molecule has 0 amide bonds. The molecule has 2 atom stereocenters. The number of aliphatic hydroxyl groups excluding tert-OH is 1. The van der Waals surface area contributed by atoms with Gasteiger partial charge in [0.05, 0.1) is 6.10 Å². The van der Waals surface area contributed by atoms with E-state index in [0.717, 1.165) is 0 Å². The molecule has 0 aliphatic heterocycles. The fraction of sp³-hybridized carbons (Fsp3) is 0.200. The lowest BCUT2D eigenvalue weighted by Crippen LogP contribution is -2.21. The van der Waals surface area contributed by atoms with Crippen molar-refractivity contribution in [3.05, 3.63) is 71.3 Å². The highest BCUT2D eigenvalue weighted by molar-refractivity contribution is 5.28. The van der Waals surface area contributed by atoms with Gasteiger partial charge in [-0.15, -0.1) is 0 Å². The van der Waals surface area contributed by atoms with Crippen LogP contribution in [0.3, 0.4) is 0 Å². The standard InChI is InChI=1S/C15H15F2NO/c16-11-7-5-10(6-8-11)13(9-18)15(19)12-3-1-2-4-14(12)17/h1-8,13,15,19H,9,18H2. The van der Waals surface area contributed by atoms with Crippen LogP contribution in [0.25, 0.3) is 0 Å². The summed E-state index contributed by atoms with van der Waals surface area (Å²) in [4.78, 5) is 0. The van der Waals surface area contributed by atoms with E-state index in [1.54, 1.807) is 24.3 Å². The minimum Gasteiger partial charge on any atom is -0.388 e. The van der Waals surface area contributed by atoms with Crippen LogP contribution in [0.4, 0.5) is 8.78 Å². The number of aliphatic hydroxyl groups is 1. The fourth-order valence-electron chi connectivity index (χ4n) is 2.09. The molecule has 2 rings (SSSR count). The van der Waals surface area contributed by atoms with Crippen LogP contribution in [-0.4, -0.2) is 11.7 Å². The molecule has 2 unspecified atom stereocenters. The molecule has 3 N–H and O–H groups in total.